The quantitative estimate of drug-likeness (QED) is 0.461. The highest BCUT2D eigenvalue weighted by molar-refractivity contribution is 7.99. The highest BCUT2D eigenvalue weighted by Gasteiger charge is 2.25. The van der Waals surface area contributed by atoms with E-state index < -0.39 is 0 Å². The van der Waals surface area contributed by atoms with Gasteiger partial charge in [0.25, 0.3) is 5.91 Å². The Kier molecular flexibility index (Phi) is 8.05. The summed E-state index contributed by atoms with van der Waals surface area (Å²) in [6.07, 6.45) is 0. The first kappa shape index (κ1) is 24.2. The molecular formula is C23H26FN5O3S. The second-order valence-electron chi connectivity index (χ2n) is 7.67. The number of thioether (sulfide) groups is 1. The lowest BCUT2D eigenvalue weighted by atomic mass is 10.0. The summed E-state index contributed by atoms with van der Waals surface area (Å²) in [5.74, 6) is 0.575. The molecule has 0 unspecified atom stereocenters. The number of halogens is 1. The van der Waals surface area contributed by atoms with E-state index in [9.17, 15) is 14.0 Å². The molecule has 3 aromatic rings. The van der Waals surface area contributed by atoms with Crippen molar-refractivity contribution < 1.29 is 18.7 Å². The van der Waals surface area contributed by atoms with Crippen LogP contribution in [-0.2, 0) is 11.8 Å². The van der Waals surface area contributed by atoms with Gasteiger partial charge in [0.05, 0.1) is 18.9 Å². The molecule has 2 aromatic carbocycles. The van der Waals surface area contributed by atoms with Crippen LogP contribution in [0.15, 0.2) is 53.7 Å². The standard InChI is InChI=1S/C23H26FN5O3S/c1-14(2)20(26-22(31)15-5-11-18(32-4)12-6-15)21-27-28-23(29(21)3)33-13-19(30)25-17-9-7-16(24)8-10-17/h5-12,14,20H,13H2,1-4H3,(H,25,30)(H,26,31)/t20-/m0/s1. The Balaban J connectivity index is 1.65. The molecule has 1 atom stereocenters. The number of benzene rings is 2. The summed E-state index contributed by atoms with van der Waals surface area (Å²) in [5.41, 5.74) is 1.03. The van der Waals surface area contributed by atoms with Gasteiger partial charge in [-0.05, 0) is 54.4 Å². The molecule has 1 aromatic heterocycles. The fourth-order valence-corrected chi connectivity index (χ4v) is 3.80. The maximum atomic E-state index is 13.0. The van der Waals surface area contributed by atoms with Crippen molar-refractivity contribution in [1.29, 1.82) is 0 Å². The molecule has 174 valence electrons. The van der Waals surface area contributed by atoms with Crippen LogP contribution in [0.1, 0.15) is 36.1 Å². The summed E-state index contributed by atoms with van der Waals surface area (Å²) >= 11 is 1.22. The van der Waals surface area contributed by atoms with E-state index in [-0.39, 0.29) is 35.3 Å². The largest absolute Gasteiger partial charge is 0.497 e. The number of aromatic nitrogens is 3. The van der Waals surface area contributed by atoms with E-state index in [1.165, 1.54) is 36.0 Å². The van der Waals surface area contributed by atoms with Gasteiger partial charge in [-0.25, -0.2) is 4.39 Å². The molecule has 33 heavy (non-hydrogen) atoms. The Bertz CT molecular complexity index is 1100. The van der Waals surface area contributed by atoms with Crippen LogP contribution in [0.3, 0.4) is 0 Å². The molecule has 0 bridgehead atoms. The third-order valence-corrected chi connectivity index (χ3v) is 5.93. The van der Waals surface area contributed by atoms with Crippen LogP contribution in [0, 0.1) is 11.7 Å². The summed E-state index contributed by atoms with van der Waals surface area (Å²) in [6.45, 7) is 3.97. The molecule has 3 rings (SSSR count). The second kappa shape index (κ2) is 11.0. The topological polar surface area (TPSA) is 98.1 Å². The number of ether oxygens (including phenoxy) is 1. The summed E-state index contributed by atoms with van der Waals surface area (Å²) in [7, 11) is 3.37. The number of nitrogens with one attached hydrogen (secondary N) is 2. The highest BCUT2D eigenvalue weighted by Crippen LogP contribution is 2.25. The minimum atomic E-state index is -0.375. The van der Waals surface area contributed by atoms with Crippen molar-refractivity contribution >= 4 is 29.3 Å². The number of carbonyl (C=O) groups is 2. The van der Waals surface area contributed by atoms with Crippen LogP contribution in [0.4, 0.5) is 10.1 Å². The van der Waals surface area contributed by atoms with E-state index in [4.69, 9.17) is 4.74 Å². The lowest BCUT2D eigenvalue weighted by molar-refractivity contribution is -0.113. The fourth-order valence-electron chi connectivity index (χ4n) is 3.08. The number of hydrogen-bond donors (Lipinski definition) is 2. The minimum Gasteiger partial charge on any atom is -0.497 e. The summed E-state index contributed by atoms with van der Waals surface area (Å²) in [6, 6.07) is 12.0. The first-order valence-electron chi connectivity index (χ1n) is 10.3. The molecule has 2 amide bonds. The van der Waals surface area contributed by atoms with Crippen molar-refractivity contribution in [3.63, 3.8) is 0 Å². The predicted octanol–water partition coefficient (Wildman–Crippen LogP) is 3.82. The molecule has 0 fully saturated rings. The van der Waals surface area contributed by atoms with Gasteiger partial charge < -0.3 is 19.9 Å². The van der Waals surface area contributed by atoms with Gasteiger partial charge in [0.15, 0.2) is 11.0 Å². The van der Waals surface area contributed by atoms with E-state index in [0.717, 1.165) is 0 Å². The molecule has 10 heteroatoms. The van der Waals surface area contributed by atoms with E-state index in [1.54, 1.807) is 43.0 Å². The van der Waals surface area contributed by atoms with Crippen LogP contribution in [0.2, 0.25) is 0 Å². The molecule has 8 nitrogen and oxygen atoms in total. The van der Waals surface area contributed by atoms with Crippen LogP contribution >= 0.6 is 11.8 Å². The summed E-state index contributed by atoms with van der Waals surface area (Å²) in [4.78, 5) is 25.0. The SMILES string of the molecule is COc1ccc(C(=O)N[C@H](c2nnc(SCC(=O)Nc3ccc(F)cc3)n2C)C(C)C)cc1. The van der Waals surface area contributed by atoms with Gasteiger partial charge in [-0.3, -0.25) is 9.59 Å². The van der Waals surface area contributed by atoms with Crippen molar-refractivity contribution in [3.05, 3.63) is 65.7 Å². The van der Waals surface area contributed by atoms with Crippen molar-refractivity contribution in [2.75, 3.05) is 18.2 Å². The lowest BCUT2D eigenvalue weighted by Gasteiger charge is -2.21. The molecule has 1 heterocycles. The number of carbonyl (C=O) groups excluding carboxylic acids is 2. The van der Waals surface area contributed by atoms with Crippen molar-refractivity contribution in [2.45, 2.75) is 25.0 Å². The van der Waals surface area contributed by atoms with E-state index in [2.05, 4.69) is 20.8 Å². The maximum absolute atomic E-state index is 13.0. The average molecular weight is 472 g/mol. The maximum Gasteiger partial charge on any atom is 0.251 e. The minimum absolute atomic E-state index is 0.0507. The Labute approximate surface area is 195 Å². The van der Waals surface area contributed by atoms with E-state index in [0.29, 0.717) is 28.0 Å². The summed E-state index contributed by atoms with van der Waals surface area (Å²) in [5, 5.41) is 14.7. The first-order chi connectivity index (χ1) is 15.8. The Morgan fingerprint density at radius 3 is 2.36 bits per heavy atom. The third kappa shape index (κ3) is 6.32. The molecule has 0 saturated carbocycles. The Morgan fingerprint density at radius 2 is 1.76 bits per heavy atom. The predicted molar refractivity (Wildman–Crippen MR) is 125 cm³/mol. The Hall–Kier alpha value is -3.40. The molecule has 2 N–H and O–H groups in total. The fraction of sp³-hybridized carbons (Fsp3) is 0.304. The van der Waals surface area contributed by atoms with Crippen LogP contribution in [0.5, 0.6) is 5.75 Å². The number of amides is 2. The number of methoxy groups -OCH3 is 1. The first-order valence-corrected chi connectivity index (χ1v) is 11.3. The number of hydrogen-bond acceptors (Lipinski definition) is 6. The van der Waals surface area contributed by atoms with Gasteiger partial charge in [-0.1, -0.05) is 25.6 Å². The van der Waals surface area contributed by atoms with Gasteiger partial charge in [0.1, 0.15) is 11.6 Å². The third-order valence-electron chi connectivity index (χ3n) is 4.91. The normalized spacial score (nSPS) is 11.8. The van der Waals surface area contributed by atoms with Crippen LogP contribution in [0.25, 0.3) is 0 Å². The molecular weight excluding hydrogens is 445 g/mol. The zero-order valence-corrected chi connectivity index (χ0v) is 19.6. The van der Waals surface area contributed by atoms with Crippen LogP contribution in [-0.4, -0.2) is 39.4 Å². The average Bonchev–Trinajstić information content (AvgIpc) is 3.17. The van der Waals surface area contributed by atoms with Gasteiger partial charge >= 0.3 is 0 Å². The molecule has 0 spiro atoms. The molecule has 0 aliphatic heterocycles. The zero-order chi connectivity index (χ0) is 24.0. The number of rotatable bonds is 9. The van der Waals surface area contributed by atoms with Crippen molar-refractivity contribution in [2.24, 2.45) is 13.0 Å². The van der Waals surface area contributed by atoms with Crippen molar-refractivity contribution in [1.82, 2.24) is 20.1 Å². The zero-order valence-electron chi connectivity index (χ0n) is 18.8. The molecule has 0 aliphatic carbocycles. The number of anilines is 1. The van der Waals surface area contributed by atoms with Gasteiger partial charge in [-0.15, -0.1) is 10.2 Å². The van der Waals surface area contributed by atoms with E-state index >= 15 is 0 Å². The highest BCUT2D eigenvalue weighted by atomic mass is 32.2. The molecule has 0 aliphatic rings. The van der Waals surface area contributed by atoms with Crippen LogP contribution < -0.4 is 15.4 Å². The second-order valence-corrected chi connectivity index (χ2v) is 8.61. The number of nitrogens with zero attached hydrogens (tertiary/aromatic N) is 3. The van der Waals surface area contributed by atoms with E-state index in [1.807, 2.05) is 13.8 Å². The van der Waals surface area contributed by atoms with Gasteiger partial charge in [-0.2, -0.15) is 0 Å². The van der Waals surface area contributed by atoms with Gasteiger partial charge in [0, 0.05) is 18.3 Å². The molecule has 0 radical (unpaired) electrons. The lowest BCUT2D eigenvalue weighted by Crippen LogP contribution is -2.33. The summed E-state index contributed by atoms with van der Waals surface area (Å²) < 4.78 is 19.9. The van der Waals surface area contributed by atoms with Crippen molar-refractivity contribution in [3.8, 4) is 5.75 Å². The van der Waals surface area contributed by atoms with Gasteiger partial charge in [0.2, 0.25) is 5.91 Å². The molecule has 0 saturated heterocycles. The Morgan fingerprint density at radius 1 is 1.09 bits per heavy atom. The smallest absolute Gasteiger partial charge is 0.251 e. The monoisotopic (exact) mass is 471 g/mol.